The molecule has 2 heteroatoms. The van der Waals surface area contributed by atoms with Crippen molar-refractivity contribution >= 4 is 5.91 Å². The summed E-state index contributed by atoms with van der Waals surface area (Å²) in [4.78, 5) is 12.5. The van der Waals surface area contributed by atoms with Gasteiger partial charge < -0.3 is 5.32 Å². The van der Waals surface area contributed by atoms with Gasteiger partial charge in [0.05, 0.1) is 5.92 Å². The Bertz CT molecular complexity index is 382. The molecule has 1 amide bonds. The van der Waals surface area contributed by atoms with Gasteiger partial charge in [-0.2, -0.15) is 0 Å². The summed E-state index contributed by atoms with van der Waals surface area (Å²) in [6.07, 6.45) is 9.33. The zero-order valence-corrected chi connectivity index (χ0v) is 11.9. The first-order valence-corrected chi connectivity index (χ1v) is 7.23. The fourth-order valence-corrected chi connectivity index (χ4v) is 3.17. The van der Waals surface area contributed by atoms with Gasteiger partial charge in [0.15, 0.2) is 0 Å². The van der Waals surface area contributed by atoms with Gasteiger partial charge in [-0.3, -0.25) is 4.79 Å². The summed E-state index contributed by atoms with van der Waals surface area (Å²) in [5.41, 5.74) is 3.83. The second-order valence-electron chi connectivity index (χ2n) is 5.95. The van der Waals surface area contributed by atoms with Crippen LogP contribution in [0.3, 0.4) is 0 Å². The number of carbonyl (C=O) groups excluding carboxylic acids is 1. The minimum Gasteiger partial charge on any atom is -0.353 e. The van der Waals surface area contributed by atoms with E-state index in [2.05, 4.69) is 32.2 Å². The van der Waals surface area contributed by atoms with E-state index in [1.807, 2.05) is 0 Å². The quantitative estimate of drug-likeness (QED) is 0.740. The number of nitrogens with one attached hydrogen (secondary N) is 1. The van der Waals surface area contributed by atoms with Crippen LogP contribution in [-0.2, 0) is 4.79 Å². The van der Waals surface area contributed by atoms with Gasteiger partial charge in [-0.15, -0.1) is 0 Å². The minimum atomic E-state index is 0.0110. The van der Waals surface area contributed by atoms with E-state index in [0.717, 1.165) is 19.3 Å². The maximum atomic E-state index is 12.5. The van der Waals surface area contributed by atoms with Gasteiger partial charge in [0.1, 0.15) is 0 Å². The Labute approximate surface area is 111 Å². The Balaban J connectivity index is 2.03. The van der Waals surface area contributed by atoms with Gasteiger partial charge in [0.25, 0.3) is 0 Å². The molecule has 0 aromatic rings. The lowest BCUT2D eigenvalue weighted by molar-refractivity contribution is -0.123. The Morgan fingerprint density at radius 1 is 1.22 bits per heavy atom. The highest BCUT2D eigenvalue weighted by Crippen LogP contribution is 2.33. The minimum absolute atomic E-state index is 0.0110. The van der Waals surface area contributed by atoms with Gasteiger partial charge in [-0.25, -0.2) is 0 Å². The summed E-state index contributed by atoms with van der Waals surface area (Å²) in [7, 11) is 0. The standard InChI is InChI=1S/C16H25NO/c1-11(2)14-10-9-12(3)15(14)16(18)17-13-7-5-4-6-8-13/h9,13,15H,4-8,10H2,1-3H3,(H,17,18). The first-order chi connectivity index (χ1) is 8.59. The van der Waals surface area contributed by atoms with E-state index in [-0.39, 0.29) is 11.8 Å². The monoisotopic (exact) mass is 247 g/mol. The third-order valence-corrected chi connectivity index (χ3v) is 4.30. The van der Waals surface area contributed by atoms with Crippen molar-refractivity contribution in [2.24, 2.45) is 5.92 Å². The molecule has 0 bridgehead atoms. The molecule has 2 aliphatic carbocycles. The lowest BCUT2D eigenvalue weighted by Gasteiger charge is -2.25. The zero-order valence-electron chi connectivity index (χ0n) is 11.9. The molecule has 0 radical (unpaired) electrons. The summed E-state index contributed by atoms with van der Waals surface area (Å²) in [6, 6.07) is 0.415. The average Bonchev–Trinajstić information content (AvgIpc) is 2.72. The lowest BCUT2D eigenvalue weighted by Crippen LogP contribution is -2.40. The third kappa shape index (κ3) is 2.85. The maximum absolute atomic E-state index is 12.5. The van der Waals surface area contributed by atoms with E-state index < -0.39 is 0 Å². The van der Waals surface area contributed by atoms with Crippen molar-refractivity contribution in [3.8, 4) is 0 Å². The molecule has 100 valence electrons. The van der Waals surface area contributed by atoms with Crippen LogP contribution in [0.15, 0.2) is 22.8 Å². The smallest absolute Gasteiger partial charge is 0.231 e. The fraction of sp³-hybridized carbons (Fsp3) is 0.688. The molecule has 2 rings (SSSR count). The molecular formula is C16H25NO. The van der Waals surface area contributed by atoms with E-state index in [9.17, 15) is 4.79 Å². The molecule has 18 heavy (non-hydrogen) atoms. The van der Waals surface area contributed by atoms with Crippen LogP contribution >= 0.6 is 0 Å². The number of hydrogen-bond acceptors (Lipinski definition) is 1. The van der Waals surface area contributed by atoms with Crippen molar-refractivity contribution in [1.82, 2.24) is 5.32 Å². The Hall–Kier alpha value is -1.05. The van der Waals surface area contributed by atoms with Gasteiger partial charge in [0, 0.05) is 6.04 Å². The topological polar surface area (TPSA) is 29.1 Å². The molecule has 2 nitrogen and oxygen atoms in total. The third-order valence-electron chi connectivity index (χ3n) is 4.30. The predicted octanol–water partition coefficient (Wildman–Crippen LogP) is 3.74. The summed E-state index contributed by atoms with van der Waals surface area (Å²) >= 11 is 0. The van der Waals surface area contributed by atoms with Gasteiger partial charge in [-0.05, 0) is 40.0 Å². The number of rotatable bonds is 2. The molecule has 1 saturated carbocycles. The van der Waals surface area contributed by atoms with Crippen LogP contribution in [-0.4, -0.2) is 11.9 Å². The van der Waals surface area contributed by atoms with Crippen LogP contribution in [0.1, 0.15) is 59.3 Å². The fourth-order valence-electron chi connectivity index (χ4n) is 3.17. The number of carbonyl (C=O) groups is 1. The number of allylic oxidation sites excluding steroid dienone is 2. The van der Waals surface area contributed by atoms with E-state index in [0.29, 0.717) is 6.04 Å². The molecule has 1 N–H and O–H groups in total. The molecule has 0 aromatic carbocycles. The highest BCUT2D eigenvalue weighted by Gasteiger charge is 2.30. The molecule has 1 atom stereocenters. The van der Waals surface area contributed by atoms with Crippen molar-refractivity contribution in [2.75, 3.05) is 0 Å². The van der Waals surface area contributed by atoms with Crippen LogP contribution < -0.4 is 5.32 Å². The van der Waals surface area contributed by atoms with Crippen molar-refractivity contribution in [1.29, 1.82) is 0 Å². The van der Waals surface area contributed by atoms with E-state index in [1.165, 1.54) is 36.0 Å². The van der Waals surface area contributed by atoms with Crippen molar-refractivity contribution in [3.05, 3.63) is 22.8 Å². The highest BCUT2D eigenvalue weighted by molar-refractivity contribution is 5.86. The highest BCUT2D eigenvalue weighted by atomic mass is 16.2. The van der Waals surface area contributed by atoms with Crippen LogP contribution in [0, 0.1) is 5.92 Å². The van der Waals surface area contributed by atoms with E-state index in [1.54, 1.807) is 0 Å². The van der Waals surface area contributed by atoms with Crippen LogP contribution in [0.4, 0.5) is 0 Å². The summed E-state index contributed by atoms with van der Waals surface area (Å²) < 4.78 is 0. The van der Waals surface area contributed by atoms with E-state index in [4.69, 9.17) is 0 Å². The van der Waals surface area contributed by atoms with Gasteiger partial charge in [-0.1, -0.05) is 42.1 Å². The van der Waals surface area contributed by atoms with Crippen molar-refractivity contribution in [2.45, 2.75) is 65.3 Å². The SMILES string of the molecule is CC1=CCC(=C(C)C)C1C(=O)NC1CCCCC1. The summed E-state index contributed by atoms with van der Waals surface area (Å²) in [6.45, 7) is 6.31. The zero-order chi connectivity index (χ0) is 13.1. The van der Waals surface area contributed by atoms with Crippen LogP contribution in [0.5, 0.6) is 0 Å². The summed E-state index contributed by atoms with van der Waals surface area (Å²) in [5, 5.41) is 3.26. The van der Waals surface area contributed by atoms with Crippen molar-refractivity contribution in [3.63, 3.8) is 0 Å². The molecule has 1 fully saturated rings. The second-order valence-corrected chi connectivity index (χ2v) is 5.95. The summed E-state index contributed by atoms with van der Waals surface area (Å²) in [5.74, 6) is 0.237. The van der Waals surface area contributed by atoms with Gasteiger partial charge >= 0.3 is 0 Å². The normalized spacial score (nSPS) is 24.9. The molecule has 0 saturated heterocycles. The Morgan fingerprint density at radius 2 is 1.89 bits per heavy atom. The van der Waals surface area contributed by atoms with E-state index >= 15 is 0 Å². The average molecular weight is 247 g/mol. The largest absolute Gasteiger partial charge is 0.353 e. The Morgan fingerprint density at radius 3 is 2.50 bits per heavy atom. The maximum Gasteiger partial charge on any atom is 0.231 e. The lowest BCUT2D eigenvalue weighted by atomic mass is 9.91. The first-order valence-electron chi connectivity index (χ1n) is 7.23. The number of hydrogen-bond donors (Lipinski definition) is 1. The molecule has 0 aromatic heterocycles. The van der Waals surface area contributed by atoms with Gasteiger partial charge in [0.2, 0.25) is 5.91 Å². The Kier molecular flexibility index (Phi) is 4.26. The molecule has 1 unspecified atom stereocenters. The molecule has 0 heterocycles. The van der Waals surface area contributed by atoms with Crippen LogP contribution in [0.25, 0.3) is 0 Å². The second kappa shape index (κ2) is 5.73. The first kappa shape index (κ1) is 13.4. The predicted molar refractivity (Wildman–Crippen MR) is 75.3 cm³/mol. The molecule has 2 aliphatic rings. The van der Waals surface area contributed by atoms with Crippen LogP contribution in [0.2, 0.25) is 0 Å². The number of amides is 1. The molecule has 0 aliphatic heterocycles. The molecular weight excluding hydrogens is 222 g/mol. The molecule has 0 spiro atoms. The van der Waals surface area contributed by atoms with Crippen molar-refractivity contribution < 1.29 is 4.79 Å².